The number of aromatic nitrogens is 4. The highest BCUT2D eigenvalue weighted by atomic mass is 32.2. The van der Waals surface area contributed by atoms with E-state index in [9.17, 15) is 0 Å². The molecule has 6 nitrogen and oxygen atoms in total. The zero-order valence-corrected chi connectivity index (χ0v) is 15.1. The summed E-state index contributed by atoms with van der Waals surface area (Å²) in [5.74, 6) is 3.65. The lowest BCUT2D eigenvalue weighted by atomic mass is 10.0. The van der Waals surface area contributed by atoms with Crippen LogP contribution in [0.1, 0.15) is 11.4 Å². The fourth-order valence-corrected chi connectivity index (χ4v) is 3.80. The molecule has 0 bridgehead atoms. The zero-order chi connectivity index (χ0) is 17.2. The lowest BCUT2D eigenvalue weighted by Crippen LogP contribution is -2.33. The maximum absolute atomic E-state index is 5.47. The smallest absolute Gasteiger partial charge is 0.225 e. The quantitative estimate of drug-likeness (QED) is 0.715. The highest BCUT2D eigenvalue weighted by Crippen LogP contribution is 2.33. The molecule has 0 saturated carbocycles. The Hall–Kier alpha value is -2.41. The number of hydrogen-bond donors (Lipinski definition) is 0. The number of hydrogen-bond acceptors (Lipinski definition) is 7. The van der Waals surface area contributed by atoms with Crippen LogP contribution in [0.2, 0.25) is 0 Å². The Bertz CT molecular complexity index is 889. The average molecular weight is 353 g/mol. The van der Waals surface area contributed by atoms with Gasteiger partial charge in [0.05, 0.1) is 17.0 Å². The van der Waals surface area contributed by atoms with Gasteiger partial charge in [0, 0.05) is 54.3 Å². The first-order valence-electron chi connectivity index (χ1n) is 8.28. The van der Waals surface area contributed by atoms with E-state index in [1.54, 1.807) is 6.20 Å². The van der Waals surface area contributed by atoms with Gasteiger partial charge < -0.3 is 9.42 Å². The van der Waals surface area contributed by atoms with Crippen LogP contribution in [0.15, 0.2) is 35.1 Å². The van der Waals surface area contributed by atoms with Crippen LogP contribution in [0.4, 0.5) is 5.95 Å². The molecule has 1 aliphatic heterocycles. The first kappa shape index (κ1) is 16.1. The zero-order valence-electron chi connectivity index (χ0n) is 14.3. The first-order chi connectivity index (χ1) is 12.2. The summed E-state index contributed by atoms with van der Waals surface area (Å²) >= 11 is 1.97. The molecule has 0 N–H and O–H groups in total. The van der Waals surface area contributed by atoms with Crippen molar-refractivity contribution in [3.63, 3.8) is 0 Å². The molecule has 3 aromatic rings. The molecule has 0 atom stereocenters. The summed E-state index contributed by atoms with van der Waals surface area (Å²) in [7, 11) is 0. The third-order valence-electron chi connectivity index (χ3n) is 4.23. The van der Waals surface area contributed by atoms with Gasteiger partial charge in [0.2, 0.25) is 5.95 Å². The van der Waals surface area contributed by atoms with E-state index in [1.807, 2.05) is 50.0 Å². The van der Waals surface area contributed by atoms with Gasteiger partial charge in [0.25, 0.3) is 0 Å². The first-order valence-corrected chi connectivity index (χ1v) is 9.43. The third-order valence-corrected chi connectivity index (χ3v) is 5.17. The minimum Gasteiger partial charge on any atom is -0.356 e. The molecule has 0 amide bonds. The number of rotatable bonds is 3. The van der Waals surface area contributed by atoms with Crippen LogP contribution < -0.4 is 4.90 Å². The number of thioether (sulfide) groups is 1. The monoisotopic (exact) mass is 353 g/mol. The molecular formula is C18H19N5OS. The van der Waals surface area contributed by atoms with Crippen molar-refractivity contribution in [2.75, 3.05) is 29.5 Å². The van der Waals surface area contributed by atoms with Gasteiger partial charge in [-0.15, -0.1) is 0 Å². The van der Waals surface area contributed by atoms with Gasteiger partial charge in [0.15, 0.2) is 5.76 Å². The van der Waals surface area contributed by atoms with Crippen LogP contribution >= 0.6 is 11.8 Å². The fourth-order valence-electron chi connectivity index (χ4n) is 2.90. The topological polar surface area (TPSA) is 67.9 Å². The Morgan fingerprint density at radius 3 is 2.68 bits per heavy atom. The second kappa shape index (κ2) is 6.84. The molecule has 7 heteroatoms. The third kappa shape index (κ3) is 3.24. The van der Waals surface area contributed by atoms with Crippen LogP contribution in [0.25, 0.3) is 22.6 Å². The van der Waals surface area contributed by atoms with Gasteiger partial charge in [0.1, 0.15) is 0 Å². The summed E-state index contributed by atoms with van der Waals surface area (Å²) in [6, 6.07) is 5.87. The Morgan fingerprint density at radius 2 is 1.96 bits per heavy atom. The second-order valence-corrected chi connectivity index (χ2v) is 7.23. The van der Waals surface area contributed by atoms with Gasteiger partial charge in [-0.05, 0) is 26.0 Å². The van der Waals surface area contributed by atoms with Gasteiger partial charge >= 0.3 is 0 Å². The van der Waals surface area contributed by atoms with Crippen LogP contribution in [-0.2, 0) is 0 Å². The van der Waals surface area contributed by atoms with Gasteiger partial charge in [-0.1, -0.05) is 5.16 Å². The summed E-state index contributed by atoms with van der Waals surface area (Å²) in [5.41, 5.74) is 4.43. The Labute approximate surface area is 150 Å². The fraction of sp³-hybridized carbons (Fsp3) is 0.333. The molecule has 0 radical (unpaired) electrons. The lowest BCUT2D eigenvalue weighted by Gasteiger charge is -2.26. The van der Waals surface area contributed by atoms with E-state index in [0.717, 1.165) is 58.8 Å². The van der Waals surface area contributed by atoms with Crippen molar-refractivity contribution in [1.82, 2.24) is 20.1 Å². The van der Waals surface area contributed by atoms with Crippen molar-refractivity contribution < 1.29 is 4.52 Å². The predicted molar refractivity (Wildman–Crippen MR) is 99.8 cm³/mol. The highest BCUT2D eigenvalue weighted by molar-refractivity contribution is 7.99. The number of aryl methyl sites for hydroxylation is 2. The molecule has 4 heterocycles. The second-order valence-electron chi connectivity index (χ2n) is 6.00. The Morgan fingerprint density at radius 1 is 1.12 bits per heavy atom. The van der Waals surface area contributed by atoms with Crippen molar-refractivity contribution in [3.05, 3.63) is 42.0 Å². The van der Waals surface area contributed by atoms with Crippen LogP contribution in [0.5, 0.6) is 0 Å². The maximum Gasteiger partial charge on any atom is 0.225 e. The van der Waals surface area contributed by atoms with Crippen molar-refractivity contribution in [2.24, 2.45) is 0 Å². The number of nitrogens with zero attached hydrogens (tertiary/aromatic N) is 5. The molecule has 0 aliphatic carbocycles. The summed E-state index contributed by atoms with van der Waals surface area (Å²) in [6.07, 6.45) is 3.63. The molecule has 128 valence electrons. The molecule has 1 fully saturated rings. The van der Waals surface area contributed by atoms with Gasteiger partial charge in [-0.2, -0.15) is 11.8 Å². The lowest BCUT2D eigenvalue weighted by molar-refractivity contribution is 0.427. The molecule has 0 spiro atoms. The number of anilines is 1. The minimum atomic E-state index is 0.677. The average Bonchev–Trinajstić information content (AvgIpc) is 3.09. The maximum atomic E-state index is 5.47. The van der Waals surface area contributed by atoms with E-state index in [4.69, 9.17) is 9.51 Å². The molecule has 1 saturated heterocycles. The Balaban J connectivity index is 1.85. The van der Waals surface area contributed by atoms with E-state index in [2.05, 4.69) is 20.0 Å². The molecule has 0 unspecified atom stereocenters. The molecule has 1 aliphatic rings. The molecular weight excluding hydrogens is 334 g/mol. The van der Waals surface area contributed by atoms with E-state index in [0.29, 0.717) is 5.76 Å². The number of pyridine rings is 1. The molecule has 4 rings (SSSR count). The SMILES string of the molecule is Cc1cc(-c2cnc(N3CCSCC3)nc2-c2cccnc2C)on1. The largest absolute Gasteiger partial charge is 0.356 e. The summed E-state index contributed by atoms with van der Waals surface area (Å²) in [6.45, 7) is 5.83. The van der Waals surface area contributed by atoms with E-state index >= 15 is 0 Å². The Kier molecular flexibility index (Phi) is 4.40. The van der Waals surface area contributed by atoms with Crippen molar-refractivity contribution in [2.45, 2.75) is 13.8 Å². The van der Waals surface area contributed by atoms with Crippen molar-refractivity contribution in [1.29, 1.82) is 0 Å². The normalized spacial score (nSPS) is 14.7. The summed E-state index contributed by atoms with van der Waals surface area (Å²) in [5, 5.41) is 4.00. The molecule has 0 aromatic carbocycles. The summed E-state index contributed by atoms with van der Waals surface area (Å²) in [4.78, 5) is 16.1. The van der Waals surface area contributed by atoms with E-state index < -0.39 is 0 Å². The minimum absolute atomic E-state index is 0.677. The standard InChI is InChI=1S/C18H19N5OS/c1-12-10-16(24-22-12)15-11-20-18(23-6-8-25-9-7-23)21-17(15)14-4-3-5-19-13(14)2/h3-5,10-11H,6-9H2,1-2H3. The predicted octanol–water partition coefficient (Wildman–Crippen LogP) is 3.36. The van der Waals surface area contributed by atoms with E-state index in [1.165, 1.54) is 0 Å². The van der Waals surface area contributed by atoms with Gasteiger partial charge in [-0.25, -0.2) is 9.97 Å². The van der Waals surface area contributed by atoms with Crippen LogP contribution in [-0.4, -0.2) is 44.7 Å². The molecule has 25 heavy (non-hydrogen) atoms. The van der Waals surface area contributed by atoms with Gasteiger partial charge in [-0.3, -0.25) is 4.98 Å². The highest BCUT2D eigenvalue weighted by Gasteiger charge is 2.20. The van der Waals surface area contributed by atoms with E-state index in [-0.39, 0.29) is 0 Å². The van der Waals surface area contributed by atoms with Crippen molar-refractivity contribution in [3.8, 4) is 22.6 Å². The van der Waals surface area contributed by atoms with Crippen molar-refractivity contribution >= 4 is 17.7 Å². The summed E-state index contributed by atoms with van der Waals surface area (Å²) < 4.78 is 5.47. The van der Waals surface area contributed by atoms with Crippen LogP contribution in [0.3, 0.4) is 0 Å². The molecule has 3 aromatic heterocycles. The van der Waals surface area contributed by atoms with Crippen LogP contribution in [0, 0.1) is 13.8 Å².